The van der Waals surface area contributed by atoms with E-state index >= 15 is 0 Å². The van der Waals surface area contributed by atoms with Crippen LogP contribution < -0.4 is 0 Å². The molecule has 0 aromatic rings. The molecule has 1 heterocycles. The number of carbonyl (C=O) groups is 2. The molecule has 2 saturated carbocycles. The molecule has 2 bridgehead atoms. The van der Waals surface area contributed by atoms with Crippen LogP contribution in [0.5, 0.6) is 0 Å². The lowest BCUT2D eigenvalue weighted by atomic mass is 9.41. The molecule has 0 amide bonds. The van der Waals surface area contributed by atoms with Crippen molar-refractivity contribution in [2.24, 2.45) is 28.6 Å². The number of aliphatic hydroxyl groups excluding tert-OH is 1. The van der Waals surface area contributed by atoms with Gasteiger partial charge in [0, 0.05) is 30.1 Å². The predicted molar refractivity (Wildman–Crippen MR) is 112 cm³/mol. The first kappa shape index (κ1) is 22.9. The molecule has 4 rings (SSSR count). The van der Waals surface area contributed by atoms with E-state index in [9.17, 15) is 24.9 Å². The summed E-state index contributed by atoms with van der Waals surface area (Å²) in [6.07, 6.45) is -2.01. The first-order valence-electron chi connectivity index (χ1n) is 11.3. The van der Waals surface area contributed by atoms with Crippen molar-refractivity contribution in [1.82, 2.24) is 0 Å². The van der Waals surface area contributed by atoms with Gasteiger partial charge in [0.2, 0.25) is 0 Å². The van der Waals surface area contributed by atoms with E-state index in [4.69, 9.17) is 9.47 Å². The molecule has 3 aliphatic carbocycles. The smallest absolute Gasteiger partial charge is 0.303 e. The van der Waals surface area contributed by atoms with Gasteiger partial charge in [-0.15, -0.1) is 0 Å². The highest BCUT2D eigenvalue weighted by molar-refractivity contribution is 5.94. The summed E-state index contributed by atoms with van der Waals surface area (Å²) >= 11 is 0. The zero-order valence-electron chi connectivity index (χ0n) is 19.6. The quantitative estimate of drug-likeness (QED) is 0.424. The van der Waals surface area contributed by atoms with Crippen LogP contribution in [0.2, 0.25) is 0 Å². The zero-order chi connectivity index (χ0) is 23.3. The molecule has 3 N–H and O–H groups in total. The molecule has 6 unspecified atom stereocenters. The van der Waals surface area contributed by atoms with Crippen LogP contribution in [0.1, 0.15) is 61.3 Å². The number of carbonyl (C=O) groups excluding carboxylic acids is 2. The topological polar surface area (TPSA) is 113 Å². The fraction of sp³-hybridized carbons (Fsp3) is 0.833. The van der Waals surface area contributed by atoms with E-state index < -0.39 is 58.1 Å². The molecule has 1 aliphatic heterocycles. The second kappa shape index (κ2) is 6.62. The Bertz CT molecular complexity index is 862. The maximum absolute atomic E-state index is 14.3. The molecule has 7 nitrogen and oxygen atoms in total. The number of ether oxygens (including phenoxy) is 2. The number of esters is 1. The number of hydrogen-bond acceptors (Lipinski definition) is 7. The summed E-state index contributed by atoms with van der Waals surface area (Å²) in [6, 6.07) is 0. The highest BCUT2D eigenvalue weighted by Gasteiger charge is 2.73. The Morgan fingerprint density at radius 2 is 1.81 bits per heavy atom. The van der Waals surface area contributed by atoms with Crippen molar-refractivity contribution in [3.05, 3.63) is 11.1 Å². The first-order valence-corrected chi connectivity index (χ1v) is 11.3. The van der Waals surface area contributed by atoms with E-state index in [1.54, 1.807) is 6.92 Å². The van der Waals surface area contributed by atoms with E-state index in [1.807, 2.05) is 34.6 Å². The van der Waals surface area contributed by atoms with Crippen molar-refractivity contribution in [3.8, 4) is 0 Å². The first-order chi connectivity index (χ1) is 14.1. The van der Waals surface area contributed by atoms with Gasteiger partial charge >= 0.3 is 5.97 Å². The Balaban J connectivity index is 2.04. The van der Waals surface area contributed by atoms with Crippen LogP contribution in [0, 0.1) is 28.6 Å². The minimum atomic E-state index is -1.43. The third-order valence-electron chi connectivity index (χ3n) is 9.60. The predicted octanol–water partition coefficient (Wildman–Crippen LogP) is 1.77. The summed E-state index contributed by atoms with van der Waals surface area (Å²) in [5, 5.41) is 34.8. The fourth-order valence-corrected chi connectivity index (χ4v) is 7.54. The largest absolute Gasteiger partial charge is 0.450 e. The highest BCUT2D eigenvalue weighted by atomic mass is 16.6. The Kier molecular flexibility index (Phi) is 4.89. The molecule has 4 aliphatic rings. The van der Waals surface area contributed by atoms with Crippen molar-refractivity contribution < 1.29 is 34.4 Å². The SMILES string of the molecule is CC(=O)OC1C(=O)[C@@]2(C)C(C(C)C3(O)CC(O)C(C)=C1C3(C)C)[C@]1(O)COC1C[C@@H]2C. The van der Waals surface area contributed by atoms with Gasteiger partial charge in [-0.1, -0.05) is 34.6 Å². The summed E-state index contributed by atoms with van der Waals surface area (Å²) in [5.74, 6) is -2.17. The lowest BCUT2D eigenvalue weighted by molar-refractivity contribution is -0.329. The standard InChI is InChI=1S/C24H36O7/c1-11-8-16-23(28,10-30-16)19-13(3)24(29)9-15(26)12(2)17(21(24,5)6)18(31-14(4)25)20(27)22(11,19)7/h11,13,15-16,18-19,26,28-29H,8-10H2,1-7H3/t11-,13?,15?,16?,18?,19?,22+,23-,24?/m0/s1. The van der Waals surface area contributed by atoms with Gasteiger partial charge in [0.25, 0.3) is 0 Å². The summed E-state index contributed by atoms with van der Waals surface area (Å²) in [4.78, 5) is 26.4. The second-order valence-electron chi connectivity index (χ2n) is 11.2. The van der Waals surface area contributed by atoms with E-state index in [0.717, 1.165) is 0 Å². The van der Waals surface area contributed by atoms with Gasteiger partial charge in [0.15, 0.2) is 11.9 Å². The molecule has 0 radical (unpaired) electrons. The summed E-state index contributed by atoms with van der Waals surface area (Å²) in [7, 11) is 0. The molecular formula is C24H36O7. The molecule has 174 valence electrons. The monoisotopic (exact) mass is 436 g/mol. The van der Waals surface area contributed by atoms with E-state index in [1.165, 1.54) is 6.92 Å². The average molecular weight is 437 g/mol. The lowest BCUT2D eigenvalue weighted by Gasteiger charge is -2.68. The molecule has 0 spiro atoms. The molecule has 31 heavy (non-hydrogen) atoms. The van der Waals surface area contributed by atoms with Crippen molar-refractivity contribution in [2.75, 3.05) is 6.61 Å². The van der Waals surface area contributed by atoms with Crippen LogP contribution in [0.25, 0.3) is 0 Å². The van der Waals surface area contributed by atoms with Crippen LogP contribution in [-0.2, 0) is 19.1 Å². The lowest BCUT2D eigenvalue weighted by Crippen LogP contribution is -2.77. The molecule has 1 saturated heterocycles. The molecule has 0 aromatic heterocycles. The number of hydrogen-bond donors (Lipinski definition) is 3. The number of aliphatic hydroxyl groups is 3. The Hall–Kier alpha value is -1.28. The van der Waals surface area contributed by atoms with Crippen LogP contribution in [0.3, 0.4) is 0 Å². The van der Waals surface area contributed by atoms with E-state index in [-0.39, 0.29) is 24.7 Å². The molecule has 9 atom stereocenters. The van der Waals surface area contributed by atoms with Gasteiger partial charge in [0.05, 0.1) is 24.4 Å². The van der Waals surface area contributed by atoms with Crippen LogP contribution >= 0.6 is 0 Å². The number of Topliss-reactive ketones (excluding diaryl/α,β-unsaturated/α-hetero) is 1. The Morgan fingerprint density at radius 3 is 2.32 bits per heavy atom. The van der Waals surface area contributed by atoms with Gasteiger partial charge in [-0.05, 0) is 36.3 Å². The van der Waals surface area contributed by atoms with Crippen LogP contribution in [0.4, 0.5) is 0 Å². The normalized spacial score (nSPS) is 51.1. The third-order valence-corrected chi connectivity index (χ3v) is 9.60. The van der Waals surface area contributed by atoms with Gasteiger partial charge < -0.3 is 24.8 Å². The Morgan fingerprint density at radius 1 is 1.19 bits per heavy atom. The van der Waals surface area contributed by atoms with Crippen molar-refractivity contribution >= 4 is 11.8 Å². The fourth-order valence-electron chi connectivity index (χ4n) is 7.54. The molecule has 7 heteroatoms. The minimum Gasteiger partial charge on any atom is -0.450 e. The van der Waals surface area contributed by atoms with E-state index in [2.05, 4.69) is 0 Å². The average Bonchev–Trinajstić information content (AvgIpc) is 2.66. The highest BCUT2D eigenvalue weighted by Crippen LogP contribution is 2.65. The van der Waals surface area contributed by atoms with Gasteiger partial charge in [-0.2, -0.15) is 0 Å². The molecular weight excluding hydrogens is 400 g/mol. The van der Waals surface area contributed by atoms with Crippen molar-refractivity contribution in [1.29, 1.82) is 0 Å². The summed E-state index contributed by atoms with van der Waals surface area (Å²) < 4.78 is 11.3. The summed E-state index contributed by atoms with van der Waals surface area (Å²) in [5.41, 5.74) is -3.67. The maximum Gasteiger partial charge on any atom is 0.303 e. The van der Waals surface area contributed by atoms with Crippen LogP contribution in [-0.4, -0.2) is 63.2 Å². The second-order valence-corrected chi connectivity index (χ2v) is 11.2. The van der Waals surface area contributed by atoms with Gasteiger partial charge in [0.1, 0.15) is 5.60 Å². The third kappa shape index (κ3) is 2.61. The van der Waals surface area contributed by atoms with Crippen molar-refractivity contribution in [3.63, 3.8) is 0 Å². The summed E-state index contributed by atoms with van der Waals surface area (Å²) in [6.45, 7) is 12.5. The van der Waals surface area contributed by atoms with Gasteiger partial charge in [-0.25, -0.2) is 0 Å². The van der Waals surface area contributed by atoms with Crippen molar-refractivity contribution in [2.45, 2.75) is 90.8 Å². The molecule has 3 fully saturated rings. The Labute approximate surface area is 183 Å². The molecule has 0 aromatic carbocycles. The minimum absolute atomic E-state index is 0.0834. The number of rotatable bonds is 1. The maximum atomic E-state index is 14.3. The zero-order valence-corrected chi connectivity index (χ0v) is 19.6. The van der Waals surface area contributed by atoms with Crippen LogP contribution in [0.15, 0.2) is 11.1 Å². The van der Waals surface area contributed by atoms with Gasteiger partial charge in [-0.3, -0.25) is 9.59 Å². The van der Waals surface area contributed by atoms with E-state index in [0.29, 0.717) is 17.6 Å². The number of fused-ring (bicyclic) bond motifs is 5. The number of ketones is 1.